The molecule has 198 valence electrons. The minimum atomic E-state index is -1.55. The first-order valence-electron chi connectivity index (χ1n) is 11.4. The van der Waals surface area contributed by atoms with Gasteiger partial charge in [-0.3, -0.25) is 9.59 Å². The van der Waals surface area contributed by atoms with E-state index in [1.54, 1.807) is 0 Å². The average Bonchev–Trinajstić information content (AvgIpc) is 3.24. The van der Waals surface area contributed by atoms with Crippen molar-refractivity contribution in [1.29, 1.82) is 0 Å². The van der Waals surface area contributed by atoms with Crippen LogP contribution in [0.15, 0.2) is 4.99 Å². The van der Waals surface area contributed by atoms with E-state index >= 15 is 0 Å². The van der Waals surface area contributed by atoms with Crippen LogP contribution in [0.4, 0.5) is 4.79 Å². The van der Waals surface area contributed by atoms with Gasteiger partial charge in [-0.25, -0.2) is 9.79 Å². The van der Waals surface area contributed by atoms with Crippen molar-refractivity contribution in [3.05, 3.63) is 0 Å². The quantitative estimate of drug-likeness (QED) is 0.141. The number of amides is 3. The van der Waals surface area contributed by atoms with Crippen LogP contribution in [0.25, 0.3) is 0 Å². The molecule has 16 nitrogen and oxygen atoms in total. The number of piperidine rings is 1. The summed E-state index contributed by atoms with van der Waals surface area (Å²) in [7, 11) is 0. The molecule has 3 heterocycles. The third-order valence-electron chi connectivity index (χ3n) is 6.05. The summed E-state index contributed by atoms with van der Waals surface area (Å²) in [4.78, 5) is 39.9. The first-order valence-corrected chi connectivity index (χ1v) is 11.4. The average molecular weight is 503 g/mol. The number of nitrogens with one attached hydrogen (secondary N) is 4. The fourth-order valence-corrected chi connectivity index (χ4v) is 4.19. The fraction of sp³-hybridized carbons (Fsp3) is 0.789. The normalized spacial score (nSPS) is 35.1. The number of nitrogens with two attached hydrogens (primary N) is 3. The van der Waals surface area contributed by atoms with Crippen LogP contribution in [-0.4, -0.2) is 114 Å². The van der Waals surface area contributed by atoms with E-state index in [1.165, 1.54) is 0 Å². The lowest BCUT2D eigenvalue weighted by atomic mass is 9.95. The molecule has 0 radical (unpaired) electrons. The number of hydrogen-bond donors (Lipinski definition) is 10. The largest absolute Gasteiger partial charge is 0.447 e. The number of ether oxygens (including phenoxy) is 2. The lowest BCUT2D eigenvalue weighted by molar-refractivity contribution is -0.198. The van der Waals surface area contributed by atoms with Crippen molar-refractivity contribution in [3.63, 3.8) is 0 Å². The monoisotopic (exact) mass is 502 g/mol. The van der Waals surface area contributed by atoms with Gasteiger partial charge < -0.3 is 63.3 Å². The molecule has 3 aliphatic rings. The van der Waals surface area contributed by atoms with Gasteiger partial charge in [0.2, 0.25) is 11.8 Å². The maximum Gasteiger partial charge on any atom is 0.404 e. The maximum atomic E-state index is 12.6. The van der Waals surface area contributed by atoms with Gasteiger partial charge >= 0.3 is 6.09 Å². The van der Waals surface area contributed by atoms with E-state index in [1.807, 2.05) is 0 Å². The van der Waals surface area contributed by atoms with E-state index in [2.05, 4.69) is 26.3 Å². The summed E-state index contributed by atoms with van der Waals surface area (Å²) < 4.78 is 10.5. The van der Waals surface area contributed by atoms with Crippen LogP contribution in [0, 0.1) is 0 Å². The van der Waals surface area contributed by atoms with Crippen molar-refractivity contribution in [2.45, 2.75) is 74.1 Å². The topological polar surface area (TPSA) is 269 Å². The third kappa shape index (κ3) is 6.68. The molecule has 16 heteroatoms. The zero-order valence-electron chi connectivity index (χ0n) is 19.0. The molecule has 3 aliphatic heterocycles. The number of carbonyl (C=O) groups is 3. The molecule has 0 aromatic rings. The summed E-state index contributed by atoms with van der Waals surface area (Å²) in [6.45, 7) is 0.0141. The molecule has 0 saturated carbocycles. The Balaban J connectivity index is 1.73. The number of rotatable bonds is 9. The Kier molecular flexibility index (Phi) is 9.03. The standard InChI is InChI=1S/C19H34N8O8/c20-3-1-2-7(21)4-10(29)24-13-15(31)14(30)9(6-34-18(22)33)35-17(13)27-19-25-11-8(28)5-23-16(32)12(11)26-19/h7-9,11-15,17,28,30-31H,1-6,20-21H2,(H2,22,33)(H,23,32)(H,24,29)(H2,25,26,27)/t7-,8+,9+,11+,12-,13+,14+,15+,17+/m0/s1. The van der Waals surface area contributed by atoms with Gasteiger partial charge in [-0.1, -0.05) is 0 Å². The molecular formula is C19H34N8O8. The van der Waals surface area contributed by atoms with Crippen LogP contribution >= 0.6 is 0 Å². The molecule has 2 saturated heterocycles. The van der Waals surface area contributed by atoms with Crippen molar-refractivity contribution in [2.75, 3.05) is 19.7 Å². The smallest absolute Gasteiger partial charge is 0.404 e. The number of fused-ring (bicyclic) bond motifs is 1. The van der Waals surface area contributed by atoms with E-state index in [-0.39, 0.29) is 24.8 Å². The van der Waals surface area contributed by atoms with Crippen LogP contribution in [0.2, 0.25) is 0 Å². The summed E-state index contributed by atoms with van der Waals surface area (Å²) in [5.74, 6) is -0.815. The molecule has 2 fully saturated rings. The Morgan fingerprint density at radius 2 is 2.03 bits per heavy atom. The lowest BCUT2D eigenvalue weighted by Crippen LogP contribution is -2.69. The number of aliphatic hydroxyl groups is 3. The first kappa shape index (κ1) is 26.8. The van der Waals surface area contributed by atoms with Gasteiger partial charge in [0.15, 0.2) is 18.2 Å². The molecule has 0 aromatic carbocycles. The molecule has 9 atom stereocenters. The van der Waals surface area contributed by atoms with Crippen LogP contribution in [0.3, 0.4) is 0 Å². The van der Waals surface area contributed by atoms with Gasteiger partial charge in [0, 0.05) is 19.0 Å². The number of β-amino-alcohol motifs (C(OH)–C–C–N with tert-alkyl or cyclic N) is 1. The van der Waals surface area contributed by atoms with E-state index < -0.39 is 73.4 Å². The Morgan fingerprint density at radius 1 is 1.29 bits per heavy atom. The van der Waals surface area contributed by atoms with Crippen LogP contribution in [0.5, 0.6) is 0 Å². The third-order valence-corrected chi connectivity index (χ3v) is 6.05. The molecular weight excluding hydrogens is 468 g/mol. The maximum absolute atomic E-state index is 12.6. The zero-order chi connectivity index (χ0) is 25.7. The van der Waals surface area contributed by atoms with Crippen molar-refractivity contribution >= 4 is 23.9 Å². The molecule has 0 unspecified atom stereocenters. The summed E-state index contributed by atoms with van der Waals surface area (Å²) in [5, 5.41) is 42.3. The molecule has 0 spiro atoms. The van der Waals surface area contributed by atoms with Gasteiger partial charge in [-0.15, -0.1) is 0 Å². The van der Waals surface area contributed by atoms with Crippen molar-refractivity contribution in [1.82, 2.24) is 21.3 Å². The van der Waals surface area contributed by atoms with E-state index in [9.17, 15) is 29.7 Å². The van der Waals surface area contributed by atoms with E-state index in [0.717, 1.165) is 0 Å². The highest BCUT2D eigenvalue weighted by Crippen LogP contribution is 2.22. The van der Waals surface area contributed by atoms with Crippen LogP contribution in [0.1, 0.15) is 19.3 Å². The van der Waals surface area contributed by atoms with Crippen LogP contribution < -0.4 is 38.5 Å². The highest BCUT2D eigenvalue weighted by atomic mass is 16.6. The first-order chi connectivity index (χ1) is 16.6. The number of nitrogens with zero attached hydrogens (tertiary/aromatic N) is 1. The predicted molar refractivity (Wildman–Crippen MR) is 119 cm³/mol. The Morgan fingerprint density at radius 3 is 2.69 bits per heavy atom. The zero-order valence-corrected chi connectivity index (χ0v) is 19.0. The molecule has 0 aromatic heterocycles. The predicted octanol–water partition coefficient (Wildman–Crippen LogP) is -5.75. The van der Waals surface area contributed by atoms with Gasteiger partial charge in [0.05, 0.1) is 12.1 Å². The molecule has 0 aliphatic carbocycles. The van der Waals surface area contributed by atoms with Gasteiger partial charge in [0.1, 0.15) is 31.0 Å². The summed E-state index contributed by atoms with van der Waals surface area (Å²) in [6, 6.07) is -3.23. The molecule has 35 heavy (non-hydrogen) atoms. The minimum absolute atomic E-state index is 0.0518. The van der Waals surface area contributed by atoms with Gasteiger partial charge in [0.25, 0.3) is 0 Å². The fourth-order valence-electron chi connectivity index (χ4n) is 4.19. The van der Waals surface area contributed by atoms with Gasteiger partial charge in [-0.05, 0) is 19.4 Å². The second-order valence-electron chi connectivity index (χ2n) is 8.74. The van der Waals surface area contributed by atoms with E-state index in [4.69, 9.17) is 26.7 Å². The van der Waals surface area contributed by atoms with Crippen molar-refractivity contribution < 1.29 is 39.2 Å². The number of aliphatic hydroxyl groups excluding tert-OH is 3. The number of carbonyl (C=O) groups excluding carboxylic acids is 3. The highest BCUT2D eigenvalue weighted by Gasteiger charge is 2.48. The molecule has 3 amide bonds. The SMILES string of the molecule is NCCC[C@H](N)CC(=O)N[C@@H]1[C@@H](O)[C@H](O)[C@@H](COC(N)=O)O[C@H]1NC1=N[C@@H]2C(=O)NC[C@@H](O)[C@H]2N1. The Hall–Kier alpha value is -2.76. The molecule has 13 N–H and O–H groups in total. The van der Waals surface area contributed by atoms with Crippen LogP contribution in [-0.2, 0) is 19.1 Å². The number of guanidine groups is 1. The second kappa shape index (κ2) is 11.8. The number of aliphatic imine (C=N–C) groups is 1. The van der Waals surface area contributed by atoms with Crippen molar-refractivity contribution in [3.8, 4) is 0 Å². The Labute approximate surface area is 200 Å². The Bertz CT molecular complexity index is 816. The summed E-state index contributed by atoms with van der Waals surface area (Å²) in [5.41, 5.74) is 16.4. The summed E-state index contributed by atoms with van der Waals surface area (Å²) in [6.07, 6.45) is -6.38. The molecule has 0 bridgehead atoms. The second-order valence-corrected chi connectivity index (χ2v) is 8.74. The lowest BCUT2D eigenvalue weighted by Gasteiger charge is -2.43. The van der Waals surface area contributed by atoms with E-state index in [0.29, 0.717) is 19.4 Å². The van der Waals surface area contributed by atoms with Gasteiger partial charge in [-0.2, -0.15) is 0 Å². The summed E-state index contributed by atoms with van der Waals surface area (Å²) >= 11 is 0. The van der Waals surface area contributed by atoms with Crippen molar-refractivity contribution in [2.24, 2.45) is 22.2 Å². The highest BCUT2D eigenvalue weighted by molar-refractivity contribution is 5.92. The molecule has 3 rings (SSSR count). The number of primary amides is 1. The number of hydrogen-bond acceptors (Lipinski definition) is 13. The minimum Gasteiger partial charge on any atom is -0.447 e.